The van der Waals surface area contributed by atoms with E-state index in [2.05, 4.69) is 33.5 Å². The van der Waals surface area contributed by atoms with Gasteiger partial charge in [0, 0.05) is 86.8 Å². The second kappa shape index (κ2) is 44.2. The van der Waals surface area contributed by atoms with Crippen LogP contribution in [-0.4, -0.2) is 272 Å². The molecule has 5 aliphatic heterocycles. The van der Waals surface area contributed by atoms with Gasteiger partial charge in [-0.1, -0.05) is 65.4 Å². The van der Waals surface area contributed by atoms with Crippen molar-refractivity contribution in [3.05, 3.63) is 190 Å². The highest BCUT2D eigenvalue weighted by molar-refractivity contribution is 7.91. The Morgan fingerprint density at radius 1 is 0.532 bits per heavy atom. The SMILES string of the molecule is C=C1C[C@H]2C=Nc3cc(OCc4cc(COc5cc6c(cc5OC)C(=O)N5CC(=C)C[C@H]5C=N6)cc(OS(=O)(=O)Oc5cc(C(=O)CCCOCCOCCOCCn6cc(COCCOCCOCCOCCCC(=O)c7cccc(C(=O)CCS(=O)(=O)c8ccc(C)cc8)c7)nn6)ccc5OC5O[C@H](CO)[C@H](O)[C@H](O)[C@H]5O)c4)c(OC)cc3C(=O)N2C1. The van der Waals surface area contributed by atoms with Gasteiger partial charge in [0.1, 0.15) is 49.1 Å². The molecule has 4 N–H and O–H groups in total. The molecule has 12 rings (SSSR count). The van der Waals surface area contributed by atoms with E-state index in [9.17, 15) is 61.2 Å². The molecule has 124 heavy (non-hydrogen) atoms. The third kappa shape index (κ3) is 25.3. The fourth-order valence-electron chi connectivity index (χ4n) is 14.0. The molecule has 3 fully saturated rings. The first-order chi connectivity index (χ1) is 59.8. The van der Waals surface area contributed by atoms with Gasteiger partial charge in [-0.3, -0.25) is 34.0 Å². The topological polar surface area (TPSA) is 435 Å². The number of aliphatic imine (C=N–C) groups is 2. The zero-order valence-corrected chi connectivity index (χ0v) is 70.5. The Balaban J connectivity index is 0.561. The van der Waals surface area contributed by atoms with Gasteiger partial charge in [-0.05, 0) is 110 Å². The number of fused-ring (bicyclic) bond motifs is 4. The number of Topliss-reactive ketones (excluding diaryl/α,β-unsaturated/α-hetero) is 3. The Morgan fingerprint density at radius 2 is 1.04 bits per heavy atom. The number of hydrogen-bond donors (Lipinski definition) is 4. The van der Waals surface area contributed by atoms with Crippen LogP contribution < -0.4 is 32.1 Å². The predicted octanol–water partition coefficient (Wildman–Crippen LogP) is 7.61. The van der Waals surface area contributed by atoms with E-state index in [1.165, 1.54) is 62.8 Å². The summed E-state index contributed by atoms with van der Waals surface area (Å²) in [5, 5.41) is 50.4. The molecule has 2 amide bonds. The first-order valence-corrected chi connectivity index (χ1v) is 43.3. The molecule has 1 aromatic heterocycles. The van der Waals surface area contributed by atoms with Crippen LogP contribution in [0.4, 0.5) is 11.4 Å². The van der Waals surface area contributed by atoms with Crippen LogP contribution in [0.15, 0.2) is 155 Å². The first-order valence-electron chi connectivity index (χ1n) is 40.4. The summed E-state index contributed by atoms with van der Waals surface area (Å²) in [6.45, 7) is 13.8. The minimum Gasteiger partial charge on any atom is -0.493 e. The minimum absolute atomic E-state index is 0.0535. The van der Waals surface area contributed by atoms with Crippen molar-refractivity contribution < 1.29 is 131 Å². The lowest BCUT2D eigenvalue weighted by Gasteiger charge is -2.39. The van der Waals surface area contributed by atoms with Crippen molar-refractivity contribution >= 4 is 73.2 Å². The molecular weight excluding hydrogens is 1660 g/mol. The number of aliphatic hydroxyl groups excluding tert-OH is 4. The second-order valence-corrected chi connectivity index (χ2v) is 33.0. The van der Waals surface area contributed by atoms with Gasteiger partial charge < -0.3 is 100 Å². The van der Waals surface area contributed by atoms with E-state index in [-0.39, 0.29) is 176 Å². The molecular formula is C87H101N7O28S2. The smallest absolute Gasteiger partial charge is 0.493 e. The number of aromatic nitrogens is 3. The van der Waals surface area contributed by atoms with Crippen LogP contribution in [0.5, 0.6) is 40.2 Å². The van der Waals surface area contributed by atoms with Gasteiger partial charge in [-0.25, -0.2) is 13.1 Å². The van der Waals surface area contributed by atoms with E-state index in [4.69, 9.17) is 69.9 Å². The molecule has 664 valence electrons. The molecule has 37 heteroatoms. The van der Waals surface area contributed by atoms with E-state index in [1.807, 2.05) is 6.92 Å². The van der Waals surface area contributed by atoms with Crippen LogP contribution in [0, 0.1) is 6.92 Å². The summed E-state index contributed by atoms with van der Waals surface area (Å²) in [7, 11) is -6.11. The molecule has 3 saturated heterocycles. The van der Waals surface area contributed by atoms with Gasteiger partial charge >= 0.3 is 10.4 Å². The summed E-state index contributed by atoms with van der Waals surface area (Å²) in [5.74, 6) is -2.53. The van der Waals surface area contributed by atoms with Crippen LogP contribution in [0.25, 0.3) is 0 Å². The number of ether oxygens (including phenoxy) is 13. The Labute approximate surface area is 717 Å². The standard InChI is InChI=1S/C87H101N7O28S2/c1-55-13-16-67(17-14-55)123(104,105)34-19-74(98)61-10-6-9-60(40-61)72(96)11-7-21-110-25-28-114-30-31-115-32-33-116-54-63-50-92(91-90-63)20-23-112-26-29-113-27-24-111-22-8-12-73(97)62-15-18-75(119-87-84(101)83(100)82(99)81(51-95)120-87)80(41-62)122-124(106,107)121-66-38-58(52-117-78-44-70-68(42-76(78)108-4)85(102)93-48-56(2)35-64(93)46-88-70)37-59(39-66)53-118-79-45-71-69(43-77(79)109-5)86(103)94-49-57(3)36-65(94)47-89-71/h6,9-10,13-18,37-47,50,64-65,81-84,87,95,99-101H,2-3,7-8,11-12,19-36,48-49,51-54H2,1,4-5H3/t64-,65-,81+,82-,83-,84+,87?/m0/s1. The molecule has 7 atom stereocenters. The number of carbonyl (C=O) groups is 5. The molecule has 0 saturated carbocycles. The van der Waals surface area contributed by atoms with Crippen LogP contribution in [-0.2, 0) is 84.5 Å². The van der Waals surface area contributed by atoms with Gasteiger partial charge in [0.2, 0.25) is 6.29 Å². The summed E-state index contributed by atoms with van der Waals surface area (Å²) < 4.78 is 142. The van der Waals surface area contributed by atoms with E-state index in [1.54, 1.807) is 81.6 Å². The number of rotatable bonds is 50. The summed E-state index contributed by atoms with van der Waals surface area (Å²) in [4.78, 5) is 80.0. The third-order valence-corrected chi connectivity index (χ3v) is 23.0. The summed E-state index contributed by atoms with van der Waals surface area (Å²) in [5.41, 5.74) is 5.77. The average molecular weight is 1760 g/mol. The lowest BCUT2D eigenvalue weighted by molar-refractivity contribution is -0.277. The largest absolute Gasteiger partial charge is 0.501 e. The number of aliphatic hydroxyl groups is 4. The molecule has 35 nitrogen and oxygen atoms in total. The lowest BCUT2D eigenvalue weighted by Crippen LogP contribution is -2.60. The van der Waals surface area contributed by atoms with E-state index >= 15 is 0 Å². The zero-order valence-electron chi connectivity index (χ0n) is 68.9. The van der Waals surface area contributed by atoms with Crippen LogP contribution >= 0.6 is 0 Å². The van der Waals surface area contributed by atoms with Crippen molar-refractivity contribution in [1.82, 2.24) is 24.8 Å². The molecule has 0 spiro atoms. The Hall–Kier alpha value is -10.8. The summed E-state index contributed by atoms with van der Waals surface area (Å²) in [6, 6.07) is 26.3. The normalized spacial score (nSPS) is 18.6. The molecule has 7 aromatic rings. The fraction of sp³-hybridized carbons (Fsp3) is 0.437. The van der Waals surface area contributed by atoms with Crippen molar-refractivity contribution in [1.29, 1.82) is 0 Å². The van der Waals surface area contributed by atoms with Gasteiger partial charge in [0.25, 0.3) is 11.8 Å². The fourth-order valence-corrected chi connectivity index (χ4v) is 15.9. The quantitative estimate of drug-likeness (QED) is 0.0162. The number of hydrogen-bond acceptors (Lipinski definition) is 32. The van der Waals surface area contributed by atoms with Crippen molar-refractivity contribution in [2.45, 2.75) is 126 Å². The van der Waals surface area contributed by atoms with Gasteiger partial charge in [0.15, 0.2) is 61.7 Å². The number of sulfone groups is 1. The highest BCUT2D eigenvalue weighted by Crippen LogP contribution is 2.42. The van der Waals surface area contributed by atoms with Crippen LogP contribution in [0.3, 0.4) is 0 Å². The maximum Gasteiger partial charge on any atom is 0.501 e. The van der Waals surface area contributed by atoms with Crippen LogP contribution in [0.2, 0.25) is 0 Å². The molecule has 0 bridgehead atoms. The van der Waals surface area contributed by atoms with E-state index in [0.717, 1.165) is 28.8 Å². The number of nitrogens with zero attached hydrogens (tertiary/aromatic N) is 7. The summed E-state index contributed by atoms with van der Waals surface area (Å²) >= 11 is 0. The number of ketones is 3. The Kier molecular flexibility index (Phi) is 33.0. The second-order valence-electron chi connectivity index (χ2n) is 29.8. The first kappa shape index (κ1) is 92.4. The van der Waals surface area contributed by atoms with Gasteiger partial charge in [0.05, 0.1) is 158 Å². The van der Waals surface area contributed by atoms with Crippen molar-refractivity contribution in [3.63, 3.8) is 0 Å². The zero-order chi connectivity index (χ0) is 87.9. The summed E-state index contributed by atoms with van der Waals surface area (Å²) in [6.07, 6.45) is -2.01. The number of amides is 2. The number of aryl methyl sites for hydroxylation is 1. The molecule has 0 aliphatic carbocycles. The number of carbonyl (C=O) groups excluding carboxylic acids is 5. The highest BCUT2D eigenvalue weighted by atomic mass is 32.3. The van der Waals surface area contributed by atoms with E-state index in [0.29, 0.717) is 126 Å². The molecule has 0 radical (unpaired) electrons. The Morgan fingerprint density at radius 3 is 1.57 bits per heavy atom. The monoisotopic (exact) mass is 1760 g/mol. The molecule has 5 aliphatic rings. The number of methoxy groups -OCH3 is 2. The maximum atomic E-state index is 14.4. The van der Waals surface area contributed by atoms with E-state index < -0.39 is 74.8 Å². The molecule has 1 unspecified atom stereocenters. The maximum absolute atomic E-state index is 14.4. The third-order valence-electron chi connectivity index (χ3n) is 20.5. The van der Waals surface area contributed by atoms with Gasteiger partial charge in [-0.2, -0.15) is 0 Å². The Bertz CT molecular complexity index is 5100. The molecule has 6 aromatic carbocycles. The predicted molar refractivity (Wildman–Crippen MR) is 446 cm³/mol. The van der Waals surface area contributed by atoms with Crippen LogP contribution in [0.1, 0.15) is 119 Å². The molecule has 6 heterocycles. The van der Waals surface area contributed by atoms with Crippen molar-refractivity contribution in [2.24, 2.45) is 9.98 Å². The minimum atomic E-state index is -5.29. The highest BCUT2D eigenvalue weighted by Gasteiger charge is 2.46. The van der Waals surface area contributed by atoms with Gasteiger partial charge in [-0.15, -0.1) is 13.5 Å². The lowest BCUT2D eigenvalue weighted by atomic mass is 9.99. The average Bonchev–Trinajstić information content (AvgIpc) is 1.60. The van der Waals surface area contributed by atoms with Crippen molar-refractivity contribution in [2.75, 3.05) is 126 Å². The number of benzene rings is 6. The van der Waals surface area contributed by atoms with Crippen molar-refractivity contribution in [3.8, 4) is 40.2 Å².